The summed E-state index contributed by atoms with van der Waals surface area (Å²) in [5.74, 6) is 0.494. The monoisotopic (exact) mass is 321 g/mol. The predicted octanol–water partition coefficient (Wildman–Crippen LogP) is 2.18. The van der Waals surface area contributed by atoms with Gasteiger partial charge in [0, 0.05) is 13.5 Å². The van der Waals surface area contributed by atoms with Gasteiger partial charge in [-0.2, -0.15) is 0 Å². The van der Waals surface area contributed by atoms with Crippen molar-refractivity contribution in [3.05, 3.63) is 76.3 Å². The van der Waals surface area contributed by atoms with Crippen LogP contribution in [0.2, 0.25) is 0 Å². The number of hydrogen-bond acceptors (Lipinski definition) is 3. The van der Waals surface area contributed by atoms with Crippen LogP contribution in [0.3, 0.4) is 0 Å². The zero-order chi connectivity index (χ0) is 16.9. The highest BCUT2D eigenvalue weighted by molar-refractivity contribution is 5.78. The lowest BCUT2D eigenvalue weighted by Gasteiger charge is -2.10. The minimum Gasteiger partial charge on any atom is -0.349 e. The van der Waals surface area contributed by atoms with Crippen LogP contribution in [0.25, 0.3) is 10.9 Å². The molecule has 2 aromatic carbocycles. The van der Waals surface area contributed by atoms with E-state index in [1.807, 2.05) is 42.5 Å². The van der Waals surface area contributed by atoms with Crippen molar-refractivity contribution < 1.29 is 4.79 Å². The number of rotatable bonds is 5. The van der Waals surface area contributed by atoms with Gasteiger partial charge in [0.05, 0.1) is 17.4 Å². The molecule has 3 aromatic rings. The average molecular weight is 321 g/mol. The summed E-state index contributed by atoms with van der Waals surface area (Å²) in [5.41, 5.74) is 1.67. The molecule has 0 atom stereocenters. The summed E-state index contributed by atoms with van der Waals surface area (Å²) in [7, 11) is 1.67. The Bertz CT molecular complexity index is 917. The molecular weight excluding hydrogens is 302 g/mol. The van der Waals surface area contributed by atoms with Crippen molar-refractivity contribution in [2.75, 3.05) is 0 Å². The number of benzene rings is 2. The molecule has 0 spiro atoms. The van der Waals surface area contributed by atoms with E-state index >= 15 is 0 Å². The van der Waals surface area contributed by atoms with Crippen LogP contribution < -0.4 is 10.9 Å². The topological polar surface area (TPSA) is 64.0 Å². The van der Waals surface area contributed by atoms with Gasteiger partial charge in [0.15, 0.2) is 0 Å². The van der Waals surface area contributed by atoms with Gasteiger partial charge in [0.2, 0.25) is 5.91 Å². The molecule has 1 amide bonds. The lowest BCUT2D eigenvalue weighted by molar-refractivity contribution is -0.121. The van der Waals surface area contributed by atoms with Gasteiger partial charge in [-0.05, 0) is 24.1 Å². The molecule has 5 heteroatoms. The fourth-order valence-corrected chi connectivity index (χ4v) is 2.59. The van der Waals surface area contributed by atoms with E-state index in [1.54, 1.807) is 19.2 Å². The highest BCUT2D eigenvalue weighted by atomic mass is 16.1. The van der Waals surface area contributed by atoms with Crippen LogP contribution in [0.15, 0.2) is 59.4 Å². The molecule has 0 aliphatic heterocycles. The third-order valence-electron chi connectivity index (χ3n) is 4.00. The van der Waals surface area contributed by atoms with Gasteiger partial charge in [-0.25, -0.2) is 4.98 Å². The van der Waals surface area contributed by atoms with Crippen LogP contribution in [0.1, 0.15) is 17.8 Å². The summed E-state index contributed by atoms with van der Waals surface area (Å²) in [5, 5.41) is 3.42. The van der Waals surface area contributed by atoms with Crippen LogP contribution in [0.5, 0.6) is 0 Å². The first-order chi connectivity index (χ1) is 11.6. The maximum absolute atomic E-state index is 12.3. The second-order valence-electron chi connectivity index (χ2n) is 5.67. The maximum Gasteiger partial charge on any atom is 0.261 e. The number of aryl methyl sites for hydroxylation is 1. The Labute approximate surface area is 140 Å². The molecule has 24 heavy (non-hydrogen) atoms. The van der Waals surface area contributed by atoms with Gasteiger partial charge in [-0.15, -0.1) is 0 Å². The molecule has 0 bridgehead atoms. The summed E-state index contributed by atoms with van der Waals surface area (Å²) in [6.45, 7) is 0.240. The number of carbonyl (C=O) groups excluding carboxylic acids is 1. The van der Waals surface area contributed by atoms with E-state index in [9.17, 15) is 9.59 Å². The third-order valence-corrected chi connectivity index (χ3v) is 4.00. The first-order valence-electron chi connectivity index (χ1n) is 7.90. The van der Waals surface area contributed by atoms with E-state index in [0.717, 1.165) is 5.56 Å². The quantitative estimate of drug-likeness (QED) is 0.783. The number of aromatic nitrogens is 2. The largest absolute Gasteiger partial charge is 0.349 e. The van der Waals surface area contributed by atoms with Gasteiger partial charge >= 0.3 is 0 Å². The lowest BCUT2D eigenvalue weighted by atomic mass is 10.1. The van der Waals surface area contributed by atoms with Crippen molar-refractivity contribution in [3.63, 3.8) is 0 Å². The number of fused-ring (bicyclic) bond motifs is 1. The number of nitrogens with zero attached hydrogens (tertiary/aromatic N) is 2. The first-order valence-corrected chi connectivity index (χ1v) is 7.90. The minimum absolute atomic E-state index is 0.0544. The van der Waals surface area contributed by atoms with Gasteiger partial charge in [0.1, 0.15) is 5.82 Å². The van der Waals surface area contributed by atoms with Crippen LogP contribution in [0, 0.1) is 0 Å². The summed E-state index contributed by atoms with van der Waals surface area (Å²) in [6.07, 6.45) is 1.10. The highest BCUT2D eigenvalue weighted by Gasteiger charge is 2.09. The van der Waals surface area contributed by atoms with Gasteiger partial charge in [-0.3, -0.25) is 14.2 Å². The van der Waals surface area contributed by atoms with E-state index in [1.165, 1.54) is 4.57 Å². The van der Waals surface area contributed by atoms with Crippen molar-refractivity contribution in [3.8, 4) is 0 Å². The van der Waals surface area contributed by atoms with Crippen molar-refractivity contribution in [2.45, 2.75) is 19.4 Å². The van der Waals surface area contributed by atoms with Crippen LogP contribution in [-0.2, 0) is 24.8 Å². The van der Waals surface area contributed by atoms with Gasteiger partial charge < -0.3 is 5.32 Å². The summed E-state index contributed by atoms with van der Waals surface area (Å²) in [6, 6.07) is 17.1. The van der Waals surface area contributed by atoms with E-state index in [0.29, 0.717) is 29.6 Å². The number of hydrogen-bond donors (Lipinski definition) is 1. The Morgan fingerprint density at radius 1 is 1.08 bits per heavy atom. The Morgan fingerprint density at radius 2 is 1.79 bits per heavy atom. The molecule has 3 rings (SSSR count). The molecule has 1 N–H and O–H groups in total. The molecule has 1 aromatic heterocycles. The molecule has 0 aliphatic rings. The fraction of sp³-hybridized carbons (Fsp3) is 0.211. The second-order valence-corrected chi connectivity index (χ2v) is 5.67. The SMILES string of the molecule is Cn1c(CNC(=O)CCc2ccccc2)nc2ccccc2c1=O. The van der Waals surface area contributed by atoms with E-state index in [2.05, 4.69) is 10.3 Å². The summed E-state index contributed by atoms with van der Waals surface area (Å²) in [4.78, 5) is 28.8. The molecule has 0 unspecified atom stereocenters. The zero-order valence-corrected chi connectivity index (χ0v) is 13.5. The van der Waals surface area contributed by atoms with E-state index in [4.69, 9.17) is 0 Å². The highest BCUT2D eigenvalue weighted by Crippen LogP contribution is 2.07. The number of carbonyl (C=O) groups is 1. The zero-order valence-electron chi connectivity index (χ0n) is 13.5. The van der Waals surface area contributed by atoms with E-state index in [-0.39, 0.29) is 18.0 Å². The Morgan fingerprint density at radius 3 is 2.58 bits per heavy atom. The summed E-state index contributed by atoms with van der Waals surface area (Å²) < 4.78 is 1.49. The standard InChI is InChI=1S/C19H19N3O2/c1-22-17(21-16-10-6-5-9-15(16)19(22)24)13-20-18(23)12-11-14-7-3-2-4-8-14/h2-10H,11-13H2,1H3,(H,20,23). The molecule has 1 heterocycles. The number of para-hydroxylation sites is 1. The third kappa shape index (κ3) is 3.51. The average Bonchev–Trinajstić information content (AvgIpc) is 2.62. The number of nitrogens with one attached hydrogen (secondary N) is 1. The lowest BCUT2D eigenvalue weighted by Crippen LogP contribution is -2.29. The molecule has 5 nitrogen and oxygen atoms in total. The fourth-order valence-electron chi connectivity index (χ4n) is 2.59. The first kappa shape index (κ1) is 15.9. The Hall–Kier alpha value is -2.95. The van der Waals surface area contributed by atoms with Crippen LogP contribution in [-0.4, -0.2) is 15.5 Å². The van der Waals surface area contributed by atoms with Crippen molar-refractivity contribution in [2.24, 2.45) is 7.05 Å². The molecule has 0 radical (unpaired) electrons. The number of amides is 1. The van der Waals surface area contributed by atoms with Crippen molar-refractivity contribution >= 4 is 16.8 Å². The molecule has 0 saturated heterocycles. The second kappa shape index (κ2) is 7.08. The minimum atomic E-state index is -0.103. The van der Waals surface area contributed by atoms with Crippen LogP contribution >= 0.6 is 0 Å². The molecule has 122 valence electrons. The van der Waals surface area contributed by atoms with E-state index < -0.39 is 0 Å². The Balaban J connectivity index is 1.66. The molecule has 0 fully saturated rings. The summed E-state index contributed by atoms with van der Waals surface area (Å²) >= 11 is 0. The Kier molecular flexibility index (Phi) is 4.70. The predicted molar refractivity (Wildman–Crippen MR) is 93.6 cm³/mol. The molecule has 0 aliphatic carbocycles. The van der Waals surface area contributed by atoms with Gasteiger partial charge in [0.25, 0.3) is 5.56 Å². The van der Waals surface area contributed by atoms with Crippen molar-refractivity contribution in [1.29, 1.82) is 0 Å². The molecular formula is C19H19N3O2. The van der Waals surface area contributed by atoms with Gasteiger partial charge in [-0.1, -0.05) is 42.5 Å². The molecule has 0 saturated carbocycles. The van der Waals surface area contributed by atoms with Crippen molar-refractivity contribution in [1.82, 2.24) is 14.9 Å². The normalized spacial score (nSPS) is 10.7. The smallest absolute Gasteiger partial charge is 0.261 e. The maximum atomic E-state index is 12.3. The van der Waals surface area contributed by atoms with Crippen LogP contribution in [0.4, 0.5) is 0 Å².